The van der Waals surface area contributed by atoms with Crippen LogP contribution in [0, 0.1) is 19.3 Å². The van der Waals surface area contributed by atoms with Gasteiger partial charge in [0.15, 0.2) is 0 Å². The SMILES string of the molecule is C#CCOc1ccc(Br)cc1CNC(C)c1nc(C)cs1. The average Bonchev–Trinajstić information content (AvgIpc) is 2.90. The van der Waals surface area contributed by atoms with Gasteiger partial charge in [0.1, 0.15) is 17.4 Å². The minimum atomic E-state index is 0.197. The molecule has 0 fully saturated rings. The third kappa shape index (κ3) is 4.57. The van der Waals surface area contributed by atoms with Gasteiger partial charge in [0.05, 0.1) is 6.04 Å². The number of thiazole rings is 1. The number of nitrogens with zero attached hydrogens (tertiary/aromatic N) is 1. The van der Waals surface area contributed by atoms with Crippen LogP contribution >= 0.6 is 27.3 Å². The maximum atomic E-state index is 5.57. The lowest BCUT2D eigenvalue weighted by Crippen LogP contribution is -2.18. The molecule has 0 saturated heterocycles. The first-order valence-electron chi connectivity index (χ1n) is 6.60. The van der Waals surface area contributed by atoms with Gasteiger partial charge in [-0.1, -0.05) is 21.9 Å². The van der Waals surface area contributed by atoms with Crippen molar-refractivity contribution in [2.24, 2.45) is 0 Å². The fraction of sp³-hybridized carbons (Fsp3) is 0.312. The number of aryl methyl sites for hydroxylation is 1. The monoisotopic (exact) mass is 364 g/mol. The van der Waals surface area contributed by atoms with Gasteiger partial charge in [-0.2, -0.15) is 0 Å². The third-order valence-electron chi connectivity index (χ3n) is 2.94. The normalized spacial score (nSPS) is 11.9. The molecule has 0 spiro atoms. The van der Waals surface area contributed by atoms with E-state index in [1.165, 1.54) is 0 Å². The number of ether oxygens (including phenoxy) is 1. The molecule has 1 N–H and O–H groups in total. The summed E-state index contributed by atoms with van der Waals surface area (Å²) in [7, 11) is 0. The molecular formula is C16H17BrN2OS. The minimum absolute atomic E-state index is 0.197. The number of terminal acetylenes is 1. The second kappa shape index (κ2) is 7.60. The van der Waals surface area contributed by atoms with Crippen molar-refractivity contribution in [2.45, 2.75) is 26.4 Å². The lowest BCUT2D eigenvalue weighted by Gasteiger charge is -2.14. The predicted molar refractivity (Wildman–Crippen MR) is 90.6 cm³/mol. The molecule has 1 atom stereocenters. The van der Waals surface area contributed by atoms with Crippen LogP contribution in [-0.4, -0.2) is 11.6 Å². The van der Waals surface area contributed by atoms with E-state index >= 15 is 0 Å². The summed E-state index contributed by atoms with van der Waals surface area (Å²) in [6.07, 6.45) is 5.25. The lowest BCUT2D eigenvalue weighted by molar-refractivity contribution is 0.363. The molecule has 0 saturated carbocycles. The highest BCUT2D eigenvalue weighted by atomic mass is 79.9. The number of hydrogen-bond donors (Lipinski definition) is 1. The summed E-state index contributed by atoms with van der Waals surface area (Å²) >= 11 is 5.16. The predicted octanol–water partition coefficient (Wildman–Crippen LogP) is 4.08. The van der Waals surface area contributed by atoms with Crippen molar-refractivity contribution < 1.29 is 4.74 Å². The zero-order valence-corrected chi connectivity index (χ0v) is 14.4. The molecule has 0 bridgehead atoms. The van der Waals surface area contributed by atoms with E-state index in [9.17, 15) is 0 Å². The maximum absolute atomic E-state index is 5.57. The topological polar surface area (TPSA) is 34.1 Å². The Labute approximate surface area is 137 Å². The Morgan fingerprint density at radius 2 is 2.33 bits per heavy atom. The van der Waals surface area contributed by atoms with Crippen LogP contribution in [0.4, 0.5) is 0 Å². The molecule has 0 aliphatic carbocycles. The molecular weight excluding hydrogens is 348 g/mol. The largest absolute Gasteiger partial charge is 0.481 e. The number of halogens is 1. The first kappa shape index (κ1) is 16.0. The van der Waals surface area contributed by atoms with Crippen LogP contribution in [-0.2, 0) is 6.54 Å². The third-order valence-corrected chi connectivity index (χ3v) is 4.58. The average molecular weight is 365 g/mol. The van der Waals surface area contributed by atoms with Crippen LogP contribution in [0.3, 0.4) is 0 Å². The first-order chi connectivity index (χ1) is 10.1. The van der Waals surface area contributed by atoms with Gasteiger partial charge >= 0.3 is 0 Å². The van der Waals surface area contributed by atoms with E-state index < -0.39 is 0 Å². The van der Waals surface area contributed by atoms with E-state index in [4.69, 9.17) is 11.2 Å². The van der Waals surface area contributed by atoms with Gasteiger partial charge in [-0.15, -0.1) is 17.8 Å². The summed E-state index contributed by atoms with van der Waals surface area (Å²) < 4.78 is 6.59. The van der Waals surface area contributed by atoms with Gasteiger partial charge in [0.2, 0.25) is 0 Å². The first-order valence-corrected chi connectivity index (χ1v) is 8.27. The fourth-order valence-electron chi connectivity index (χ4n) is 1.87. The summed E-state index contributed by atoms with van der Waals surface area (Å²) in [4.78, 5) is 4.50. The smallest absolute Gasteiger partial charge is 0.148 e. The summed E-state index contributed by atoms with van der Waals surface area (Å²) in [5.74, 6) is 3.30. The van der Waals surface area contributed by atoms with Crippen LogP contribution in [0.5, 0.6) is 5.75 Å². The fourth-order valence-corrected chi connectivity index (χ4v) is 3.10. The number of rotatable bonds is 6. The Bertz CT molecular complexity index is 648. The lowest BCUT2D eigenvalue weighted by atomic mass is 10.2. The Balaban J connectivity index is 2.04. The number of hydrogen-bond acceptors (Lipinski definition) is 4. The van der Waals surface area contributed by atoms with E-state index in [0.717, 1.165) is 26.5 Å². The number of benzene rings is 1. The van der Waals surface area contributed by atoms with Gasteiger partial charge in [-0.25, -0.2) is 4.98 Å². The van der Waals surface area contributed by atoms with Gasteiger partial charge < -0.3 is 10.1 Å². The molecule has 3 nitrogen and oxygen atoms in total. The van der Waals surface area contributed by atoms with E-state index in [2.05, 4.69) is 44.5 Å². The second-order valence-corrected chi connectivity index (χ2v) is 6.48. The van der Waals surface area contributed by atoms with Crippen molar-refractivity contribution in [3.05, 3.63) is 44.3 Å². The van der Waals surface area contributed by atoms with Crippen LogP contribution < -0.4 is 10.1 Å². The van der Waals surface area contributed by atoms with Crippen LogP contribution in [0.2, 0.25) is 0 Å². The van der Waals surface area contributed by atoms with Crippen molar-refractivity contribution in [1.82, 2.24) is 10.3 Å². The maximum Gasteiger partial charge on any atom is 0.148 e. The van der Waals surface area contributed by atoms with E-state index in [-0.39, 0.29) is 12.6 Å². The molecule has 2 aromatic rings. The van der Waals surface area contributed by atoms with Crippen LogP contribution in [0.25, 0.3) is 0 Å². The number of aromatic nitrogens is 1. The number of nitrogens with one attached hydrogen (secondary N) is 1. The van der Waals surface area contributed by atoms with Crippen molar-refractivity contribution in [3.63, 3.8) is 0 Å². The van der Waals surface area contributed by atoms with Gasteiger partial charge in [-0.3, -0.25) is 0 Å². The molecule has 0 amide bonds. The Hall–Kier alpha value is -1.35. The Morgan fingerprint density at radius 3 is 3.00 bits per heavy atom. The van der Waals surface area contributed by atoms with Crippen molar-refractivity contribution >= 4 is 27.3 Å². The van der Waals surface area contributed by atoms with E-state index in [0.29, 0.717) is 6.54 Å². The molecule has 0 aliphatic heterocycles. The summed E-state index contributed by atoms with van der Waals surface area (Å²) in [6.45, 7) is 5.08. The minimum Gasteiger partial charge on any atom is -0.481 e. The van der Waals surface area contributed by atoms with Crippen molar-refractivity contribution in [1.29, 1.82) is 0 Å². The van der Waals surface area contributed by atoms with Crippen LogP contribution in [0.1, 0.15) is 29.2 Å². The molecule has 1 aromatic heterocycles. The zero-order valence-electron chi connectivity index (χ0n) is 12.0. The summed E-state index contributed by atoms with van der Waals surface area (Å²) in [5, 5.41) is 6.62. The molecule has 1 unspecified atom stereocenters. The van der Waals surface area contributed by atoms with Gasteiger partial charge in [0, 0.05) is 27.7 Å². The molecule has 21 heavy (non-hydrogen) atoms. The van der Waals surface area contributed by atoms with Gasteiger partial charge in [0.25, 0.3) is 0 Å². The standard InChI is InChI=1S/C16H17BrN2OS/c1-4-7-20-15-6-5-14(17)8-13(15)9-18-12(3)16-19-11(2)10-21-16/h1,5-6,8,10,12,18H,7,9H2,2-3H3. The molecule has 2 rings (SSSR count). The van der Waals surface area contributed by atoms with E-state index in [1.807, 2.05) is 25.1 Å². The molecule has 1 heterocycles. The molecule has 1 aromatic carbocycles. The van der Waals surface area contributed by atoms with Crippen molar-refractivity contribution in [3.8, 4) is 18.1 Å². The quantitative estimate of drug-likeness (QED) is 0.784. The van der Waals surface area contributed by atoms with Crippen molar-refractivity contribution in [2.75, 3.05) is 6.61 Å². The van der Waals surface area contributed by atoms with Gasteiger partial charge in [-0.05, 0) is 32.0 Å². The highest BCUT2D eigenvalue weighted by molar-refractivity contribution is 9.10. The Kier molecular flexibility index (Phi) is 5.80. The molecule has 0 radical (unpaired) electrons. The highest BCUT2D eigenvalue weighted by Crippen LogP contribution is 2.24. The zero-order chi connectivity index (χ0) is 15.2. The Morgan fingerprint density at radius 1 is 1.52 bits per heavy atom. The highest BCUT2D eigenvalue weighted by Gasteiger charge is 2.11. The summed E-state index contributed by atoms with van der Waals surface area (Å²) in [5.41, 5.74) is 2.13. The molecule has 110 valence electrons. The second-order valence-electron chi connectivity index (χ2n) is 4.67. The molecule has 5 heteroatoms. The molecule has 0 aliphatic rings. The summed E-state index contributed by atoms with van der Waals surface area (Å²) in [6, 6.07) is 6.11. The van der Waals surface area contributed by atoms with E-state index in [1.54, 1.807) is 11.3 Å². The van der Waals surface area contributed by atoms with Crippen LogP contribution in [0.15, 0.2) is 28.1 Å².